The third-order valence-corrected chi connectivity index (χ3v) is 10.7. The number of para-hydroxylation sites is 1. The van der Waals surface area contributed by atoms with Gasteiger partial charge in [0.15, 0.2) is 8.15 Å². The Balaban J connectivity index is 1.70. The van der Waals surface area contributed by atoms with Crippen molar-refractivity contribution in [2.75, 3.05) is 26.4 Å². The molecule has 0 amide bonds. The number of benzene rings is 3. The Bertz CT molecular complexity index is 1340. The van der Waals surface area contributed by atoms with E-state index in [9.17, 15) is 0 Å². The molecule has 0 aliphatic carbocycles. The average Bonchev–Trinajstić information content (AvgIpc) is 3.02. The Kier molecular flexibility index (Phi) is 11.4. The van der Waals surface area contributed by atoms with Crippen molar-refractivity contribution < 1.29 is 23.5 Å². The summed E-state index contributed by atoms with van der Waals surface area (Å²) in [6.45, 7) is 20.6. The molecular weight excluding hydrogens is 591 g/mol. The first-order valence-corrected chi connectivity index (χ1v) is 18.5. The van der Waals surface area contributed by atoms with Crippen LogP contribution in [0.1, 0.15) is 102 Å². The van der Waals surface area contributed by atoms with E-state index in [0.717, 1.165) is 66.8 Å². The lowest BCUT2D eigenvalue weighted by molar-refractivity contribution is -0.0112. The Morgan fingerprint density at radius 2 is 1.11 bits per heavy atom. The number of hydrogen-bond acceptors (Lipinski definition) is 5. The van der Waals surface area contributed by atoms with E-state index in [1.165, 1.54) is 35.1 Å². The van der Waals surface area contributed by atoms with Crippen LogP contribution in [0.3, 0.4) is 0 Å². The van der Waals surface area contributed by atoms with Crippen LogP contribution in [0, 0.1) is 13.8 Å². The Morgan fingerprint density at radius 3 is 1.50 bits per heavy atom. The standard InChI is InChI=1S/C40H55O5P/c1-28-22-33(39(3,4)5)37(43-26-31-18-12-14-20-41-31)35(24-28)46(45-30-16-10-9-11-17-30)36-25-29(2)23-34(40(6,7)8)38(36)44-27-32-19-13-15-21-42-32/h9-11,16-17,22-25,31-32H,12-15,18-21,26-27H2,1-8H3. The minimum atomic E-state index is -1.42. The first-order chi connectivity index (χ1) is 21.9. The summed E-state index contributed by atoms with van der Waals surface area (Å²) in [5.41, 5.74) is 4.46. The maximum absolute atomic E-state index is 7.14. The van der Waals surface area contributed by atoms with Crippen LogP contribution in [0.5, 0.6) is 17.2 Å². The zero-order valence-electron chi connectivity index (χ0n) is 29.4. The van der Waals surface area contributed by atoms with Gasteiger partial charge in [-0.1, -0.05) is 71.9 Å². The lowest BCUT2D eigenvalue weighted by Gasteiger charge is -2.32. The molecule has 0 bridgehead atoms. The van der Waals surface area contributed by atoms with Crippen LogP contribution in [-0.2, 0) is 20.3 Å². The van der Waals surface area contributed by atoms with Gasteiger partial charge in [0.1, 0.15) is 30.5 Å². The van der Waals surface area contributed by atoms with Gasteiger partial charge in [-0.15, -0.1) is 0 Å². The lowest BCUT2D eigenvalue weighted by Crippen LogP contribution is -2.31. The quantitative estimate of drug-likeness (QED) is 0.206. The highest BCUT2D eigenvalue weighted by molar-refractivity contribution is 7.69. The molecule has 6 heteroatoms. The van der Waals surface area contributed by atoms with Crippen molar-refractivity contribution in [3.05, 3.63) is 76.9 Å². The van der Waals surface area contributed by atoms with Crippen molar-refractivity contribution in [1.82, 2.24) is 0 Å². The number of rotatable bonds is 10. The van der Waals surface area contributed by atoms with Gasteiger partial charge < -0.3 is 23.5 Å². The summed E-state index contributed by atoms with van der Waals surface area (Å²) in [6, 6.07) is 19.3. The van der Waals surface area contributed by atoms with E-state index in [1.807, 2.05) is 30.3 Å². The molecule has 0 N–H and O–H groups in total. The Labute approximate surface area is 279 Å². The van der Waals surface area contributed by atoms with Crippen LogP contribution >= 0.6 is 8.15 Å². The molecule has 2 saturated heterocycles. The third kappa shape index (κ3) is 8.85. The highest BCUT2D eigenvalue weighted by Gasteiger charge is 2.34. The van der Waals surface area contributed by atoms with E-state index in [-0.39, 0.29) is 23.0 Å². The van der Waals surface area contributed by atoms with Crippen molar-refractivity contribution in [2.45, 2.75) is 117 Å². The second-order valence-electron chi connectivity index (χ2n) is 15.1. The van der Waals surface area contributed by atoms with Gasteiger partial charge in [-0.2, -0.15) is 0 Å². The molecule has 5 nitrogen and oxygen atoms in total. The zero-order valence-corrected chi connectivity index (χ0v) is 30.3. The van der Waals surface area contributed by atoms with Crippen LogP contribution in [-0.4, -0.2) is 38.6 Å². The van der Waals surface area contributed by atoms with Crippen LogP contribution in [0.4, 0.5) is 0 Å². The summed E-state index contributed by atoms with van der Waals surface area (Å²) in [7, 11) is -1.42. The molecule has 0 radical (unpaired) electrons. The summed E-state index contributed by atoms with van der Waals surface area (Å²) in [5, 5.41) is 2.15. The van der Waals surface area contributed by atoms with Gasteiger partial charge in [-0.3, -0.25) is 0 Å². The fourth-order valence-electron chi connectivity index (χ4n) is 6.27. The molecule has 2 aliphatic rings. The van der Waals surface area contributed by atoms with Gasteiger partial charge in [0.2, 0.25) is 0 Å². The van der Waals surface area contributed by atoms with Crippen molar-refractivity contribution in [3.63, 3.8) is 0 Å². The van der Waals surface area contributed by atoms with E-state index >= 15 is 0 Å². The van der Waals surface area contributed by atoms with Gasteiger partial charge in [0.25, 0.3) is 0 Å². The summed E-state index contributed by atoms with van der Waals surface area (Å²) in [4.78, 5) is 0. The molecular formula is C40H55O5P. The topological polar surface area (TPSA) is 46.2 Å². The molecule has 5 rings (SSSR count). The van der Waals surface area contributed by atoms with Gasteiger partial charge in [-0.25, -0.2) is 0 Å². The SMILES string of the molecule is Cc1cc(P(Oc2ccccc2)c2cc(C)cc(C(C)(C)C)c2OCC2CCCCO2)c(OCC2CCCCO2)c(C(C)(C)C)c1. The van der Waals surface area contributed by atoms with Crippen LogP contribution in [0.25, 0.3) is 0 Å². The van der Waals surface area contributed by atoms with E-state index < -0.39 is 8.15 Å². The molecule has 2 aliphatic heterocycles. The van der Waals surface area contributed by atoms with Gasteiger partial charge in [0.05, 0.1) is 22.8 Å². The minimum absolute atomic E-state index is 0.0952. The second kappa shape index (κ2) is 15.1. The summed E-state index contributed by atoms with van der Waals surface area (Å²) in [6.07, 6.45) is 6.83. The predicted octanol–water partition coefficient (Wildman–Crippen LogP) is 9.22. The van der Waals surface area contributed by atoms with E-state index in [0.29, 0.717) is 13.2 Å². The molecule has 250 valence electrons. The molecule has 2 heterocycles. The molecule has 3 aromatic rings. The maximum atomic E-state index is 7.14. The fourth-order valence-corrected chi connectivity index (χ4v) is 8.44. The minimum Gasteiger partial charge on any atom is -0.490 e. The van der Waals surface area contributed by atoms with Crippen LogP contribution in [0.2, 0.25) is 0 Å². The first-order valence-electron chi connectivity index (χ1n) is 17.2. The Morgan fingerprint density at radius 1 is 0.652 bits per heavy atom. The highest BCUT2D eigenvalue weighted by Crippen LogP contribution is 2.47. The average molecular weight is 647 g/mol. The molecule has 2 atom stereocenters. The maximum Gasteiger partial charge on any atom is 0.158 e. The van der Waals surface area contributed by atoms with Crippen LogP contribution < -0.4 is 24.6 Å². The van der Waals surface area contributed by atoms with Crippen molar-refractivity contribution in [1.29, 1.82) is 0 Å². The number of aryl methyl sites for hydroxylation is 2. The summed E-state index contributed by atoms with van der Waals surface area (Å²) < 4.78 is 33.2. The third-order valence-electron chi connectivity index (χ3n) is 8.80. The second-order valence-corrected chi connectivity index (χ2v) is 16.9. The molecule has 0 spiro atoms. The fraction of sp³-hybridized carbons (Fsp3) is 0.550. The largest absolute Gasteiger partial charge is 0.490 e. The number of hydrogen-bond donors (Lipinski definition) is 0. The highest BCUT2D eigenvalue weighted by atomic mass is 31.1. The van der Waals surface area contributed by atoms with Gasteiger partial charge in [-0.05, 0) is 98.6 Å². The summed E-state index contributed by atoms with van der Waals surface area (Å²) in [5.74, 6) is 2.65. The monoisotopic (exact) mass is 646 g/mol. The van der Waals surface area contributed by atoms with E-state index in [2.05, 4.69) is 79.7 Å². The van der Waals surface area contributed by atoms with Crippen molar-refractivity contribution >= 4 is 18.8 Å². The van der Waals surface area contributed by atoms with Crippen molar-refractivity contribution in [3.8, 4) is 17.2 Å². The molecule has 46 heavy (non-hydrogen) atoms. The van der Waals surface area contributed by atoms with E-state index in [1.54, 1.807) is 0 Å². The lowest BCUT2D eigenvalue weighted by atomic mass is 9.85. The molecule has 3 aromatic carbocycles. The van der Waals surface area contributed by atoms with Gasteiger partial charge in [0, 0.05) is 24.3 Å². The van der Waals surface area contributed by atoms with Crippen LogP contribution in [0.15, 0.2) is 54.6 Å². The zero-order chi connectivity index (χ0) is 32.9. The normalized spacial score (nSPS) is 19.8. The number of ether oxygens (including phenoxy) is 4. The van der Waals surface area contributed by atoms with Gasteiger partial charge >= 0.3 is 0 Å². The first kappa shape index (κ1) is 34.7. The van der Waals surface area contributed by atoms with E-state index in [4.69, 9.17) is 23.5 Å². The van der Waals surface area contributed by atoms with Crippen molar-refractivity contribution in [2.24, 2.45) is 0 Å². The molecule has 0 saturated carbocycles. The Hall–Kier alpha value is -2.59. The smallest absolute Gasteiger partial charge is 0.158 e. The molecule has 0 aromatic heterocycles. The molecule has 2 unspecified atom stereocenters. The predicted molar refractivity (Wildman–Crippen MR) is 191 cm³/mol. The molecule has 2 fully saturated rings. The summed E-state index contributed by atoms with van der Waals surface area (Å²) >= 11 is 0.